The van der Waals surface area contributed by atoms with Crippen molar-refractivity contribution in [3.63, 3.8) is 0 Å². The summed E-state index contributed by atoms with van der Waals surface area (Å²) in [4.78, 5) is 11.5. The fourth-order valence-electron chi connectivity index (χ4n) is 3.21. The first-order valence-corrected chi connectivity index (χ1v) is 10.2. The van der Waals surface area contributed by atoms with Crippen molar-refractivity contribution in [1.82, 2.24) is 20.5 Å². The summed E-state index contributed by atoms with van der Waals surface area (Å²) in [5.41, 5.74) is 1.17. The molecule has 1 aromatic heterocycles. The van der Waals surface area contributed by atoms with Crippen molar-refractivity contribution in [2.75, 3.05) is 33.2 Å². The van der Waals surface area contributed by atoms with Crippen LogP contribution in [0.3, 0.4) is 0 Å². The molecule has 1 fully saturated rings. The maximum atomic E-state index is 4.50. The summed E-state index contributed by atoms with van der Waals surface area (Å²) in [5.74, 6) is 0.906. The third kappa shape index (κ3) is 8.21. The smallest absolute Gasteiger partial charge is 0.191 e. The molecule has 1 aliphatic heterocycles. The van der Waals surface area contributed by atoms with Crippen molar-refractivity contribution in [2.24, 2.45) is 4.99 Å². The number of rotatable bonds is 8. The van der Waals surface area contributed by atoms with Crippen LogP contribution in [-0.4, -0.2) is 55.1 Å². The third-order valence-electron chi connectivity index (χ3n) is 4.62. The van der Waals surface area contributed by atoms with E-state index in [1.54, 1.807) is 11.3 Å². The molecule has 0 saturated carbocycles. The quantitative estimate of drug-likeness (QED) is 0.341. The first-order chi connectivity index (χ1) is 11.7. The van der Waals surface area contributed by atoms with Gasteiger partial charge in [-0.15, -0.1) is 35.3 Å². The number of nitrogens with zero attached hydrogens (tertiary/aromatic N) is 3. The zero-order chi connectivity index (χ0) is 17.2. The van der Waals surface area contributed by atoms with Crippen molar-refractivity contribution < 1.29 is 0 Å². The Balaban J connectivity index is 0.00000312. The summed E-state index contributed by atoms with van der Waals surface area (Å²) >= 11 is 1.71. The van der Waals surface area contributed by atoms with Gasteiger partial charge < -0.3 is 10.6 Å². The molecule has 1 aliphatic rings. The Morgan fingerprint density at radius 2 is 2.24 bits per heavy atom. The molecule has 144 valence electrons. The minimum absolute atomic E-state index is 0. The number of aromatic nitrogens is 1. The van der Waals surface area contributed by atoms with Crippen LogP contribution in [0.5, 0.6) is 0 Å². The molecule has 0 aliphatic carbocycles. The highest BCUT2D eigenvalue weighted by atomic mass is 127. The Kier molecular flexibility index (Phi) is 11.6. The summed E-state index contributed by atoms with van der Waals surface area (Å²) in [7, 11) is 1.85. The largest absolute Gasteiger partial charge is 0.356 e. The fraction of sp³-hybridized carbons (Fsp3) is 0.778. The van der Waals surface area contributed by atoms with Gasteiger partial charge in [0, 0.05) is 38.0 Å². The number of unbranched alkanes of at least 4 members (excludes halogenated alkanes) is 1. The molecule has 0 amide bonds. The molecular weight excluding hydrogens is 445 g/mol. The molecule has 1 atom stereocenters. The topological polar surface area (TPSA) is 52.5 Å². The zero-order valence-corrected chi connectivity index (χ0v) is 19.0. The SMILES string of the molecule is CCCCN1CCCCC1CNC(=NC)NCCc1csc(C)n1.I. The summed E-state index contributed by atoms with van der Waals surface area (Å²) in [6.07, 6.45) is 7.51. The monoisotopic (exact) mass is 479 g/mol. The third-order valence-corrected chi connectivity index (χ3v) is 5.44. The van der Waals surface area contributed by atoms with E-state index in [-0.39, 0.29) is 24.0 Å². The van der Waals surface area contributed by atoms with Crippen LogP contribution in [0.2, 0.25) is 0 Å². The van der Waals surface area contributed by atoms with E-state index in [2.05, 4.69) is 44.7 Å². The van der Waals surface area contributed by atoms with Gasteiger partial charge in [-0.1, -0.05) is 19.8 Å². The number of nitrogens with one attached hydrogen (secondary N) is 2. The van der Waals surface area contributed by atoms with Crippen molar-refractivity contribution >= 4 is 41.3 Å². The highest BCUT2D eigenvalue weighted by Crippen LogP contribution is 2.17. The number of guanidine groups is 1. The minimum atomic E-state index is 0. The van der Waals surface area contributed by atoms with Gasteiger partial charge in [-0.2, -0.15) is 0 Å². The Bertz CT molecular complexity index is 505. The van der Waals surface area contributed by atoms with Crippen molar-refractivity contribution in [3.8, 4) is 0 Å². The average molecular weight is 479 g/mol. The molecule has 0 bridgehead atoms. The van der Waals surface area contributed by atoms with Gasteiger partial charge in [-0.05, 0) is 39.3 Å². The predicted molar refractivity (Wildman–Crippen MR) is 119 cm³/mol. The number of likely N-dealkylation sites (tertiary alicyclic amines) is 1. The Morgan fingerprint density at radius 1 is 1.40 bits per heavy atom. The number of aliphatic imine (C=N–C) groups is 1. The van der Waals surface area contributed by atoms with E-state index < -0.39 is 0 Å². The second kappa shape index (κ2) is 12.9. The number of halogens is 1. The molecule has 1 unspecified atom stereocenters. The second-order valence-corrected chi connectivity index (χ2v) is 7.59. The Labute approximate surface area is 174 Å². The van der Waals surface area contributed by atoms with Gasteiger partial charge in [0.25, 0.3) is 0 Å². The number of hydrogen-bond donors (Lipinski definition) is 2. The van der Waals surface area contributed by atoms with E-state index in [1.807, 2.05) is 7.05 Å². The van der Waals surface area contributed by atoms with E-state index in [0.29, 0.717) is 6.04 Å². The number of thiazole rings is 1. The van der Waals surface area contributed by atoms with Crippen LogP contribution in [0, 0.1) is 6.92 Å². The van der Waals surface area contributed by atoms with Crippen LogP contribution >= 0.6 is 35.3 Å². The van der Waals surface area contributed by atoms with Gasteiger partial charge in [-0.3, -0.25) is 9.89 Å². The van der Waals surface area contributed by atoms with Gasteiger partial charge in [-0.25, -0.2) is 4.98 Å². The van der Waals surface area contributed by atoms with E-state index in [4.69, 9.17) is 0 Å². The summed E-state index contributed by atoms with van der Waals surface area (Å²) in [6.45, 7) is 8.66. The molecule has 7 heteroatoms. The highest BCUT2D eigenvalue weighted by molar-refractivity contribution is 14.0. The summed E-state index contributed by atoms with van der Waals surface area (Å²) < 4.78 is 0. The summed E-state index contributed by atoms with van der Waals surface area (Å²) in [6, 6.07) is 0.644. The van der Waals surface area contributed by atoms with E-state index in [9.17, 15) is 0 Å². The molecule has 5 nitrogen and oxygen atoms in total. The molecule has 0 aromatic carbocycles. The van der Waals surface area contributed by atoms with Crippen LogP contribution in [0.4, 0.5) is 0 Å². The lowest BCUT2D eigenvalue weighted by molar-refractivity contribution is 0.147. The van der Waals surface area contributed by atoms with Gasteiger partial charge in [0.05, 0.1) is 10.7 Å². The van der Waals surface area contributed by atoms with Crippen LogP contribution < -0.4 is 10.6 Å². The van der Waals surface area contributed by atoms with E-state index in [0.717, 1.165) is 30.5 Å². The molecule has 2 N–H and O–H groups in total. The standard InChI is InChI=1S/C18H33N5S.HI/c1-4-5-11-23-12-7-6-8-17(23)13-21-18(19-3)20-10-9-16-14-24-15(2)22-16;/h14,17H,4-13H2,1-3H3,(H2,19,20,21);1H. The molecule has 0 radical (unpaired) electrons. The number of hydrogen-bond acceptors (Lipinski definition) is 4. The van der Waals surface area contributed by atoms with Crippen LogP contribution in [0.1, 0.15) is 49.7 Å². The van der Waals surface area contributed by atoms with Crippen LogP contribution in [-0.2, 0) is 6.42 Å². The lowest BCUT2D eigenvalue weighted by Gasteiger charge is -2.36. The molecule has 0 spiro atoms. The number of piperidine rings is 1. The van der Waals surface area contributed by atoms with Gasteiger partial charge in [0.2, 0.25) is 0 Å². The molecule has 25 heavy (non-hydrogen) atoms. The highest BCUT2D eigenvalue weighted by Gasteiger charge is 2.21. The minimum Gasteiger partial charge on any atom is -0.356 e. The average Bonchev–Trinajstić information content (AvgIpc) is 3.02. The van der Waals surface area contributed by atoms with Crippen molar-refractivity contribution in [3.05, 3.63) is 16.1 Å². The molecule has 1 saturated heterocycles. The van der Waals surface area contributed by atoms with Crippen LogP contribution in [0.25, 0.3) is 0 Å². The molecule has 2 rings (SSSR count). The molecule has 2 heterocycles. The lowest BCUT2D eigenvalue weighted by Crippen LogP contribution is -2.49. The van der Waals surface area contributed by atoms with Gasteiger partial charge in [0.15, 0.2) is 5.96 Å². The normalized spacial score (nSPS) is 18.7. The van der Waals surface area contributed by atoms with Gasteiger partial charge in [0.1, 0.15) is 0 Å². The van der Waals surface area contributed by atoms with Crippen molar-refractivity contribution in [1.29, 1.82) is 0 Å². The maximum Gasteiger partial charge on any atom is 0.191 e. The zero-order valence-electron chi connectivity index (χ0n) is 15.9. The number of aryl methyl sites for hydroxylation is 1. The lowest BCUT2D eigenvalue weighted by atomic mass is 10.0. The predicted octanol–water partition coefficient (Wildman–Crippen LogP) is 3.43. The second-order valence-electron chi connectivity index (χ2n) is 6.53. The van der Waals surface area contributed by atoms with E-state index in [1.165, 1.54) is 50.9 Å². The first kappa shape index (κ1) is 22.6. The Morgan fingerprint density at radius 3 is 2.92 bits per heavy atom. The van der Waals surface area contributed by atoms with Gasteiger partial charge >= 0.3 is 0 Å². The fourth-order valence-corrected chi connectivity index (χ4v) is 3.86. The van der Waals surface area contributed by atoms with Crippen LogP contribution in [0.15, 0.2) is 10.4 Å². The van der Waals surface area contributed by atoms with E-state index >= 15 is 0 Å². The molecular formula is C18H34IN5S. The maximum absolute atomic E-state index is 4.50. The Hall–Kier alpha value is -0.410. The molecule has 1 aromatic rings. The first-order valence-electron chi connectivity index (χ1n) is 9.32. The summed E-state index contributed by atoms with van der Waals surface area (Å²) in [5, 5.41) is 10.2. The van der Waals surface area contributed by atoms with Crippen molar-refractivity contribution in [2.45, 2.75) is 58.4 Å².